The zero-order valence-electron chi connectivity index (χ0n) is 12.2. The Hall–Kier alpha value is -2.04. The SMILES string of the molecule is COc1ccc(CN2CC(=O)N3CCCCC3C2=O)cc1. The van der Waals surface area contributed by atoms with E-state index in [9.17, 15) is 9.59 Å². The van der Waals surface area contributed by atoms with Crippen molar-refractivity contribution in [2.75, 3.05) is 20.2 Å². The van der Waals surface area contributed by atoms with Crippen LogP contribution in [0.15, 0.2) is 24.3 Å². The smallest absolute Gasteiger partial charge is 0.246 e. The number of hydrogen-bond acceptors (Lipinski definition) is 3. The van der Waals surface area contributed by atoms with Gasteiger partial charge in [0.1, 0.15) is 18.3 Å². The molecule has 1 atom stereocenters. The van der Waals surface area contributed by atoms with Crippen LogP contribution in [0.5, 0.6) is 5.75 Å². The van der Waals surface area contributed by atoms with E-state index in [2.05, 4.69) is 0 Å². The maximum Gasteiger partial charge on any atom is 0.246 e. The van der Waals surface area contributed by atoms with Gasteiger partial charge in [0.25, 0.3) is 0 Å². The minimum atomic E-state index is -0.238. The van der Waals surface area contributed by atoms with Gasteiger partial charge >= 0.3 is 0 Å². The molecule has 1 aromatic rings. The van der Waals surface area contributed by atoms with E-state index >= 15 is 0 Å². The van der Waals surface area contributed by atoms with Crippen molar-refractivity contribution in [3.8, 4) is 5.75 Å². The monoisotopic (exact) mass is 288 g/mol. The summed E-state index contributed by atoms with van der Waals surface area (Å²) in [6.45, 7) is 1.41. The molecular formula is C16H20N2O3. The fourth-order valence-electron chi connectivity index (χ4n) is 3.11. The van der Waals surface area contributed by atoms with Gasteiger partial charge in [-0.25, -0.2) is 0 Å². The van der Waals surface area contributed by atoms with Crippen LogP contribution in [0.25, 0.3) is 0 Å². The molecule has 21 heavy (non-hydrogen) atoms. The highest BCUT2D eigenvalue weighted by atomic mass is 16.5. The molecule has 1 unspecified atom stereocenters. The number of piperidine rings is 1. The van der Waals surface area contributed by atoms with Gasteiger partial charge < -0.3 is 14.5 Å². The van der Waals surface area contributed by atoms with E-state index in [1.54, 1.807) is 16.9 Å². The first-order valence-electron chi connectivity index (χ1n) is 7.40. The lowest BCUT2D eigenvalue weighted by atomic mass is 9.98. The predicted octanol–water partition coefficient (Wildman–Crippen LogP) is 1.42. The zero-order valence-corrected chi connectivity index (χ0v) is 12.2. The lowest BCUT2D eigenvalue weighted by molar-refractivity contribution is -0.158. The van der Waals surface area contributed by atoms with E-state index in [0.29, 0.717) is 6.54 Å². The van der Waals surface area contributed by atoms with E-state index < -0.39 is 0 Å². The Morgan fingerprint density at radius 3 is 2.67 bits per heavy atom. The predicted molar refractivity (Wildman–Crippen MR) is 77.8 cm³/mol. The molecule has 0 saturated carbocycles. The largest absolute Gasteiger partial charge is 0.497 e. The highest BCUT2D eigenvalue weighted by Crippen LogP contribution is 2.24. The third-order valence-electron chi connectivity index (χ3n) is 4.28. The van der Waals surface area contributed by atoms with Gasteiger partial charge in [0, 0.05) is 13.1 Å². The van der Waals surface area contributed by atoms with Crippen LogP contribution in [0.2, 0.25) is 0 Å². The number of hydrogen-bond donors (Lipinski definition) is 0. The molecule has 2 heterocycles. The molecule has 2 saturated heterocycles. The van der Waals surface area contributed by atoms with Crippen LogP contribution >= 0.6 is 0 Å². The van der Waals surface area contributed by atoms with Crippen molar-refractivity contribution in [3.05, 3.63) is 29.8 Å². The molecule has 2 aliphatic heterocycles. The number of ether oxygens (including phenoxy) is 1. The third kappa shape index (κ3) is 2.73. The maximum atomic E-state index is 12.5. The van der Waals surface area contributed by atoms with Crippen molar-refractivity contribution in [1.29, 1.82) is 0 Å². The van der Waals surface area contributed by atoms with Crippen LogP contribution in [0, 0.1) is 0 Å². The third-order valence-corrected chi connectivity index (χ3v) is 4.28. The number of fused-ring (bicyclic) bond motifs is 1. The van der Waals surface area contributed by atoms with Crippen molar-refractivity contribution < 1.29 is 14.3 Å². The molecule has 112 valence electrons. The molecule has 2 amide bonds. The maximum absolute atomic E-state index is 12.5. The second-order valence-corrected chi connectivity index (χ2v) is 5.64. The average molecular weight is 288 g/mol. The Morgan fingerprint density at radius 1 is 1.19 bits per heavy atom. The normalized spacial score (nSPS) is 22.2. The van der Waals surface area contributed by atoms with Crippen molar-refractivity contribution in [2.45, 2.75) is 31.8 Å². The minimum Gasteiger partial charge on any atom is -0.497 e. The number of carbonyl (C=O) groups excluding carboxylic acids is 2. The van der Waals surface area contributed by atoms with Gasteiger partial charge in [0.15, 0.2) is 0 Å². The molecule has 2 aliphatic rings. The van der Waals surface area contributed by atoms with Gasteiger partial charge in [-0.1, -0.05) is 12.1 Å². The highest BCUT2D eigenvalue weighted by molar-refractivity contribution is 5.95. The lowest BCUT2D eigenvalue weighted by Gasteiger charge is -2.42. The summed E-state index contributed by atoms with van der Waals surface area (Å²) in [6, 6.07) is 7.38. The minimum absolute atomic E-state index is 0.0767. The molecule has 0 spiro atoms. The van der Waals surface area contributed by atoms with Crippen molar-refractivity contribution >= 4 is 11.8 Å². The van der Waals surface area contributed by atoms with Gasteiger partial charge in [0.05, 0.1) is 7.11 Å². The molecule has 0 aliphatic carbocycles. The molecule has 0 radical (unpaired) electrons. The van der Waals surface area contributed by atoms with E-state index in [-0.39, 0.29) is 24.4 Å². The fraction of sp³-hybridized carbons (Fsp3) is 0.500. The standard InChI is InChI=1S/C16H20N2O3/c1-21-13-7-5-12(6-8-13)10-17-11-15(19)18-9-3-2-4-14(18)16(17)20/h5-8,14H,2-4,9-11H2,1H3. The lowest BCUT2D eigenvalue weighted by Crippen LogP contribution is -2.60. The summed E-state index contributed by atoms with van der Waals surface area (Å²) < 4.78 is 5.13. The Labute approximate surface area is 124 Å². The Morgan fingerprint density at radius 2 is 1.95 bits per heavy atom. The summed E-state index contributed by atoms with van der Waals surface area (Å²) in [6.07, 6.45) is 2.83. The summed E-state index contributed by atoms with van der Waals surface area (Å²) in [5, 5.41) is 0. The van der Waals surface area contributed by atoms with E-state index in [1.165, 1.54) is 0 Å². The first-order chi connectivity index (χ1) is 10.2. The number of nitrogens with zero attached hydrogens (tertiary/aromatic N) is 2. The van der Waals surface area contributed by atoms with E-state index in [4.69, 9.17) is 4.74 Å². The van der Waals surface area contributed by atoms with Gasteiger partial charge in [-0.15, -0.1) is 0 Å². The van der Waals surface area contributed by atoms with Crippen LogP contribution in [-0.4, -0.2) is 47.9 Å². The number of amides is 2. The van der Waals surface area contributed by atoms with Crippen LogP contribution in [-0.2, 0) is 16.1 Å². The Kier molecular flexibility index (Phi) is 3.82. The fourth-order valence-corrected chi connectivity index (χ4v) is 3.11. The molecular weight excluding hydrogens is 268 g/mol. The van der Waals surface area contributed by atoms with Crippen molar-refractivity contribution in [2.24, 2.45) is 0 Å². The van der Waals surface area contributed by atoms with E-state index in [1.807, 2.05) is 24.3 Å². The number of rotatable bonds is 3. The molecule has 3 rings (SSSR count). The topological polar surface area (TPSA) is 49.9 Å². The second-order valence-electron chi connectivity index (χ2n) is 5.64. The van der Waals surface area contributed by atoms with Gasteiger partial charge in [0.2, 0.25) is 11.8 Å². The van der Waals surface area contributed by atoms with Crippen molar-refractivity contribution in [3.63, 3.8) is 0 Å². The number of piperazine rings is 1. The molecule has 2 fully saturated rings. The number of carbonyl (C=O) groups is 2. The molecule has 5 heteroatoms. The first kappa shape index (κ1) is 13.9. The highest BCUT2D eigenvalue weighted by Gasteiger charge is 2.40. The van der Waals surface area contributed by atoms with Crippen LogP contribution in [0.1, 0.15) is 24.8 Å². The average Bonchev–Trinajstić information content (AvgIpc) is 2.53. The molecule has 0 bridgehead atoms. The van der Waals surface area contributed by atoms with Gasteiger partial charge in [-0.2, -0.15) is 0 Å². The Bertz CT molecular complexity index is 541. The summed E-state index contributed by atoms with van der Waals surface area (Å²) in [4.78, 5) is 28.2. The van der Waals surface area contributed by atoms with Crippen LogP contribution < -0.4 is 4.74 Å². The van der Waals surface area contributed by atoms with Crippen LogP contribution in [0.3, 0.4) is 0 Å². The molecule has 0 aromatic heterocycles. The second kappa shape index (κ2) is 5.76. The van der Waals surface area contributed by atoms with Crippen LogP contribution in [0.4, 0.5) is 0 Å². The van der Waals surface area contributed by atoms with Gasteiger partial charge in [-0.3, -0.25) is 9.59 Å². The van der Waals surface area contributed by atoms with Gasteiger partial charge in [-0.05, 0) is 37.0 Å². The summed E-state index contributed by atoms with van der Waals surface area (Å²) in [5.74, 6) is 0.955. The molecule has 5 nitrogen and oxygen atoms in total. The quantitative estimate of drug-likeness (QED) is 0.845. The van der Waals surface area contributed by atoms with Crippen molar-refractivity contribution in [1.82, 2.24) is 9.80 Å². The molecule has 1 aromatic carbocycles. The first-order valence-corrected chi connectivity index (χ1v) is 7.40. The summed E-state index contributed by atoms with van der Waals surface area (Å²) >= 11 is 0. The molecule has 0 N–H and O–H groups in total. The number of benzene rings is 1. The Balaban J connectivity index is 1.72. The van der Waals surface area contributed by atoms with E-state index in [0.717, 1.165) is 37.1 Å². The zero-order chi connectivity index (χ0) is 14.8. The summed E-state index contributed by atoms with van der Waals surface area (Å²) in [5.41, 5.74) is 1.02. The number of methoxy groups -OCH3 is 1. The summed E-state index contributed by atoms with van der Waals surface area (Å²) in [7, 11) is 1.62.